The Kier molecular flexibility index (Phi) is 6.89. The molecular formula is C17H20F3NO. The Labute approximate surface area is 129 Å². The molecule has 0 unspecified atom stereocenters. The van der Waals surface area contributed by atoms with Gasteiger partial charge in [-0.1, -0.05) is 32.9 Å². The van der Waals surface area contributed by atoms with E-state index in [4.69, 9.17) is 4.74 Å². The summed E-state index contributed by atoms with van der Waals surface area (Å²) in [4.78, 5) is 3.76. The number of aryl methyl sites for hydroxylation is 1. The fourth-order valence-corrected chi connectivity index (χ4v) is 1.69. The van der Waals surface area contributed by atoms with Gasteiger partial charge in [-0.3, -0.25) is 4.98 Å². The number of ether oxygens (including phenoxy) is 1. The second kappa shape index (κ2) is 8.41. The van der Waals surface area contributed by atoms with E-state index in [2.05, 4.69) is 4.98 Å². The van der Waals surface area contributed by atoms with Crippen molar-refractivity contribution in [1.29, 1.82) is 0 Å². The number of alkyl halides is 3. The highest BCUT2D eigenvalue weighted by molar-refractivity contribution is 5.28. The van der Waals surface area contributed by atoms with Gasteiger partial charge in [0.25, 0.3) is 0 Å². The first-order chi connectivity index (χ1) is 10.5. The maximum Gasteiger partial charge on any atom is 0.417 e. The van der Waals surface area contributed by atoms with E-state index >= 15 is 0 Å². The predicted molar refractivity (Wildman–Crippen MR) is 80.7 cm³/mol. The zero-order valence-electron chi connectivity index (χ0n) is 12.9. The fourth-order valence-electron chi connectivity index (χ4n) is 1.69. The molecule has 2 rings (SSSR count). The van der Waals surface area contributed by atoms with Crippen LogP contribution in [0.2, 0.25) is 0 Å². The zero-order chi connectivity index (χ0) is 16.6. The summed E-state index contributed by atoms with van der Waals surface area (Å²) in [5.41, 5.74) is 0.844. The standard InChI is InChI=1S/C15H14F3NO.C2H6/c1-2-11-4-3-5-14(8-11)20-10-13-7-6-12(9-19-13)15(16,17)18;1-2/h3-9H,2,10H2,1H3;1-2H3. The number of rotatable bonds is 4. The highest BCUT2D eigenvalue weighted by Gasteiger charge is 2.30. The predicted octanol–water partition coefficient (Wildman–Crippen LogP) is 5.27. The molecular weight excluding hydrogens is 291 g/mol. The van der Waals surface area contributed by atoms with Gasteiger partial charge >= 0.3 is 6.18 Å². The molecule has 22 heavy (non-hydrogen) atoms. The number of halogens is 3. The minimum Gasteiger partial charge on any atom is -0.487 e. The van der Waals surface area contributed by atoms with Gasteiger partial charge in [0.1, 0.15) is 12.4 Å². The molecule has 0 radical (unpaired) electrons. The van der Waals surface area contributed by atoms with E-state index in [1.807, 2.05) is 45.0 Å². The summed E-state index contributed by atoms with van der Waals surface area (Å²) in [6, 6.07) is 9.92. The molecule has 5 heteroatoms. The highest BCUT2D eigenvalue weighted by Crippen LogP contribution is 2.28. The second-order valence-electron chi connectivity index (χ2n) is 4.33. The van der Waals surface area contributed by atoms with Gasteiger partial charge in [-0.2, -0.15) is 13.2 Å². The van der Waals surface area contributed by atoms with Crippen molar-refractivity contribution < 1.29 is 17.9 Å². The lowest BCUT2D eigenvalue weighted by atomic mass is 10.2. The van der Waals surface area contributed by atoms with Crippen LogP contribution in [0.25, 0.3) is 0 Å². The van der Waals surface area contributed by atoms with Crippen molar-refractivity contribution in [3.05, 3.63) is 59.4 Å². The van der Waals surface area contributed by atoms with E-state index in [1.54, 1.807) is 0 Å². The van der Waals surface area contributed by atoms with Crippen LogP contribution in [0, 0.1) is 0 Å². The van der Waals surface area contributed by atoms with E-state index in [9.17, 15) is 13.2 Å². The lowest BCUT2D eigenvalue weighted by molar-refractivity contribution is -0.137. The number of benzene rings is 1. The summed E-state index contributed by atoms with van der Waals surface area (Å²) in [6.07, 6.45) is -2.64. The van der Waals surface area contributed by atoms with Crippen molar-refractivity contribution in [1.82, 2.24) is 4.98 Å². The molecule has 0 aliphatic rings. The molecule has 0 saturated heterocycles. The molecule has 0 saturated carbocycles. The Balaban J connectivity index is 0.00000116. The van der Waals surface area contributed by atoms with E-state index in [1.165, 1.54) is 6.07 Å². The van der Waals surface area contributed by atoms with Crippen LogP contribution >= 0.6 is 0 Å². The third-order valence-electron chi connectivity index (χ3n) is 2.85. The summed E-state index contributed by atoms with van der Waals surface area (Å²) in [6.45, 7) is 6.18. The van der Waals surface area contributed by atoms with E-state index in [0.29, 0.717) is 11.4 Å². The average molecular weight is 311 g/mol. The van der Waals surface area contributed by atoms with Gasteiger partial charge in [-0.05, 0) is 36.2 Å². The first kappa shape index (κ1) is 18.0. The Hall–Kier alpha value is -2.04. The lowest BCUT2D eigenvalue weighted by Gasteiger charge is -2.09. The van der Waals surface area contributed by atoms with Crippen LogP contribution in [-0.4, -0.2) is 4.98 Å². The molecule has 0 amide bonds. The van der Waals surface area contributed by atoms with Gasteiger partial charge < -0.3 is 4.74 Å². The first-order valence-electron chi connectivity index (χ1n) is 7.23. The van der Waals surface area contributed by atoms with Crippen LogP contribution in [0.4, 0.5) is 13.2 Å². The van der Waals surface area contributed by atoms with Gasteiger partial charge in [-0.25, -0.2) is 0 Å². The minimum absolute atomic E-state index is 0.144. The van der Waals surface area contributed by atoms with Crippen molar-refractivity contribution >= 4 is 0 Å². The third-order valence-corrected chi connectivity index (χ3v) is 2.85. The number of nitrogens with zero attached hydrogens (tertiary/aromatic N) is 1. The van der Waals surface area contributed by atoms with Crippen molar-refractivity contribution in [3.63, 3.8) is 0 Å². The average Bonchev–Trinajstić information content (AvgIpc) is 2.54. The van der Waals surface area contributed by atoms with Gasteiger partial charge in [0.2, 0.25) is 0 Å². The van der Waals surface area contributed by atoms with Crippen molar-refractivity contribution in [2.24, 2.45) is 0 Å². The maximum atomic E-state index is 12.4. The normalized spacial score (nSPS) is 10.6. The van der Waals surface area contributed by atoms with Gasteiger partial charge in [-0.15, -0.1) is 0 Å². The molecule has 2 aromatic rings. The number of pyridine rings is 1. The van der Waals surface area contributed by atoms with Crippen LogP contribution in [0.5, 0.6) is 5.75 Å². The lowest BCUT2D eigenvalue weighted by Crippen LogP contribution is -2.06. The third kappa shape index (κ3) is 5.39. The highest BCUT2D eigenvalue weighted by atomic mass is 19.4. The first-order valence-corrected chi connectivity index (χ1v) is 7.23. The summed E-state index contributed by atoms with van der Waals surface area (Å²) in [5, 5.41) is 0. The monoisotopic (exact) mass is 311 g/mol. The summed E-state index contributed by atoms with van der Waals surface area (Å²) < 4.78 is 42.7. The molecule has 0 aliphatic heterocycles. The number of hydrogen-bond acceptors (Lipinski definition) is 2. The van der Waals surface area contributed by atoms with E-state index in [0.717, 1.165) is 24.2 Å². The van der Waals surface area contributed by atoms with Gasteiger partial charge in [0.05, 0.1) is 11.3 Å². The molecule has 120 valence electrons. The molecule has 0 N–H and O–H groups in total. The summed E-state index contributed by atoms with van der Waals surface area (Å²) in [7, 11) is 0. The summed E-state index contributed by atoms with van der Waals surface area (Å²) in [5.74, 6) is 0.686. The molecule has 0 atom stereocenters. The smallest absolute Gasteiger partial charge is 0.417 e. The van der Waals surface area contributed by atoms with Crippen LogP contribution in [0.1, 0.15) is 37.6 Å². The van der Waals surface area contributed by atoms with E-state index in [-0.39, 0.29) is 6.61 Å². The Morgan fingerprint density at radius 2 is 1.82 bits per heavy atom. The minimum atomic E-state index is -4.36. The van der Waals surface area contributed by atoms with Gasteiger partial charge in [0.15, 0.2) is 0 Å². The van der Waals surface area contributed by atoms with Crippen molar-refractivity contribution in [2.75, 3.05) is 0 Å². The van der Waals surface area contributed by atoms with Crippen LogP contribution in [-0.2, 0) is 19.2 Å². The zero-order valence-corrected chi connectivity index (χ0v) is 12.9. The topological polar surface area (TPSA) is 22.1 Å². The Morgan fingerprint density at radius 3 is 2.36 bits per heavy atom. The maximum absolute atomic E-state index is 12.4. The molecule has 1 heterocycles. The molecule has 0 fully saturated rings. The molecule has 2 nitrogen and oxygen atoms in total. The molecule has 1 aromatic carbocycles. The van der Waals surface area contributed by atoms with Gasteiger partial charge in [0, 0.05) is 6.20 Å². The number of aromatic nitrogens is 1. The molecule has 0 aliphatic carbocycles. The van der Waals surface area contributed by atoms with Crippen molar-refractivity contribution in [2.45, 2.75) is 40.0 Å². The number of hydrogen-bond donors (Lipinski definition) is 0. The Bertz CT molecular complexity index is 565. The Morgan fingerprint density at radius 1 is 1.09 bits per heavy atom. The second-order valence-corrected chi connectivity index (χ2v) is 4.33. The molecule has 0 spiro atoms. The van der Waals surface area contributed by atoms with Crippen LogP contribution in [0.15, 0.2) is 42.6 Å². The molecule has 1 aromatic heterocycles. The molecule has 0 bridgehead atoms. The van der Waals surface area contributed by atoms with Crippen molar-refractivity contribution in [3.8, 4) is 5.75 Å². The van der Waals surface area contributed by atoms with Crippen LogP contribution in [0.3, 0.4) is 0 Å². The quantitative estimate of drug-likeness (QED) is 0.767. The summed E-state index contributed by atoms with van der Waals surface area (Å²) >= 11 is 0. The van der Waals surface area contributed by atoms with E-state index < -0.39 is 11.7 Å². The van der Waals surface area contributed by atoms with Crippen LogP contribution < -0.4 is 4.74 Å². The SMILES string of the molecule is CC.CCc1cccc(OCc2ccc(C(F)(F)F)cn2)c1. The largest absolute Gasteiger partial charge is 0.487 e. The fraction of sp³-hybridized carbons (Fsp3) is 0.353.